The van der Waals surface area contributed by atoms with E-state index in [2.05, 4.69) is 9.88 Å². The number of aromatic nitrogens is 1. The van der Waals surface area contributed by atoms with E-state index in [1.807, 2.05) is 13.0 Å². The highest BCUT2D eigenvalue weighted by Crippen LogP contribution is 2.19. The van der Waals surface area contributed by atoms with Crippen LogP contribution in [-0.4, -0.2) is 42.0 Å². The van der Waals surface area contributed by atoms with Crippen molar-refractivity contribution in [2.75, 3.05) is 20.2 Å². The minimum atomic E-state index is -0.361. The maximum Gasteiger partial charge on any atom is 0.354 e. The number of rotatable bonds is 4. The molecular weight excluding hydrogens is 246 g/mol. The van der Waals surface area contributed by atoms with Gasteiger partial charge in [0.2, 0.25) is 5.91 Å². The summed E-state index contributed by atoms with van der Waals surface area (Å²) in [4.78, 5) is 27.8. The van der Waals surface area contributed by atoms with Crippen molar-refractivity contribution in [1.29, 1.82) is 0 Å². The van der Waals surface area contributed by atoms with E-state index in [-0.39, 0.29) is 17.8 Å². The lowest BCUT2D eigenvalue weighted by Crippen LogP contribution is -2.27. The molecule has 2 heterocycles. The number of carbonyl (C=O) groups excluding carboxylic acids is 2. The molecule has 0 saturated carbocycles. The van der Waals surface area contributed by atoms with Crippen LogP contribution in [0.25, 0.3) is 0 Å². The van der Waals surface area contributed by atoms with Crippen LogP contribution in [0, 0.1) is 12.8 Å². The fourth-order valence-corrected chi connectivity index (χ4v) is 2.48. The SMILES string of the molecule is COC(=O)c1[nH]c(CN2CCC(C(N)=O)C2)cc1C. The lowest BCUT2D eigenvalue weighted by Gasteiger charge is -2.13. The van der Waals surface area contributed by atoms with Crippen LogP contribution >= 0.6 is 0 Å². The van der Waals surface area contributed by atoms with Gasteiger partial charge in [-0.25, -0.2) is 4.79 Å². The summed E-state index contributed by atoms with van der Waals surface area (Å²) in [6.45, 7) is 4.07. The average Bonchev–Trinajstić information content (AvgIpc) is 2.96. The van der Waals surface area contributed by atoms with Gasteiger partial charge >= 0.3 is 5.97 Å². The number of primary amides is 1. The molecule has 1 aromatic heterocycles. The zero-order chi connectivity index (χ0) is 14.0. The van der Waals surface area contributed by atoms with Crippen molar-refractivity contribution >= 4 is 11.9 Å². The van der Waals surface area contributed by atoms with Crippen LogP contribution in [0.4, 0.5) is 0 Å². The first-order valence-electron chi connectivity index (χ1n) is 6.29. The van der Waals surface area contributed by atoms with E-state index in [0.717, 1.165) is 24.2 Å². The second-order valence-corrected chi connectivity index (χ2v) is 4.97. The number of carbonyl (C=O) groups is 2. The molecule has 0 bridgehead atoms. The summed E-state index contributed by atoms with van der Waals surface area (Å²) >= 11 is 0. The number of ether oxygens (including phenoxy) is 1. The second-order valence-electron chi connectivity index (χ2n) is 4.97. The molecule has 1 aliphatic rings. The van der Waals surface area contributed by atoms with Crippen LogP contribution in [0.1, 0.15) is 28.2 Å². The second kappa shape index (κ2) is 5.44. The predicted octanol–water partition coefficient (Wildman–Crippen LogP) is 0.417. The van der Waals surface area contributed by atoms with E-state index in [0.29, 0.717) is 18.8 Å². The molecule has 19 heavy (non-hydrogen) atoms. The minimum Gasteiger partial charge on any atom is -0.464 e. The summed E-state index contributed by atoms with van der Waals surface area (Å²) in [6, 6.07) is 1.93. The third kappa shape index (κ3) is 2.96. The number of likely N-dealkylation sites (tertiary alicyclic amines) is 1. The third-order valence-electron chi connectivity index (χ3n) is 3.53. The van der Waals surface area contributed by atoms with Gasteiger partial charge in [-0.1, -0.05) is 0 Å². The molecule has 1 aliphatic heterocycles. The largest absolute Gasteiger partial charge is 0.464 e. The Bertz CT molecular complexity index is 495. The van der Waals surface area contributed by atoms with Crippen molar-refractivity contribution in [1.82, 2.24) is 9.88 Å². The summed E-state index contributed by atoms with van der Waals surface area (Å²) in [5.41, 5.74) is 7.61. The van der Waals surface area contributed by atoms with Crippen molar-refractivity contribution in [2.45, 2.75) is 19.9 Å². The predicted molar refractivity (Wildman–Crippen MR) is 69.4 cm³/mol. The van der Waals surface area contributed by atoms with Gasteiger partial charge in [-0.2, -0.15) is 0 Å². The van der Waals surface area contributed by atoms with Gasteiger partial charge in [-0.15, -0.1) is 0 Å². The zero-order valence-electron chi connectivity index (χ0n) is 11.2. The van der Waals surface area contributed by atoms with E-state index in [4.69, 9.17) is 10.5 Å². The van der Waals surface area contributed by atoms with E-state index in [1.165, 1.54) is 7.11 Å². The van der Waals surface area contributed by atoms with Crippen molar-refractivity contribution in [3.8, 4) is 0 Å². The number of aromatic amines is 1. The Balaban J connectivity index is 2.01. The molecule has 104 valence electrons. The number of nitrogens with zero attached hydrogens (tertiary/aromatic N) is 1. The Hall–Kier alpha value is -1.82. The van der Waals surface area contributed by atoms with E-state index < -0.39 is 0 Å². The highest BCUT2D eigenvalue weighted by Gasteiger charge is 2.27. The molecule has 1 amide bonds. The molecule has 0 radical (unpaired) electrons. The van der Waals surface area contributed by atoms with E-state index in [9.17, 15) is 9.59 Å². The minimum absolute atomic E-state index is 0.0591. The molecule has 0 spiro atoms. The maximum absolute atomic E-state index is 11.5. The Morgan fingerprint density at radius 1 is 1.58 bits per heavy atom. The number of hydrogen-bond acceptors (Lipinski definition) is 4. The highest BCUT2D eigenvalue weighted by molar-refractivity contribution is 5.89. The summed E-state index contributed by atoms with van der Waals surface area (Å²) in [6.07, 6.45) is 0.804. The zero-order valence-corrected chi connectivity index (χ0v) is 11.2. The summed E-state index contributed by atoms with van der Waals surface area (Å²) in [7, 11) is 1.36. The van der Waals surface area contributed by atoms with Gasteiger partial charge in [0.05, 0.1) is 13.0 Å². The molecule has 2 rings (SSSR count). The van der Waals surface area contributed by atoms with Gasteiger partial charge in [0.25, 0.3) is 0 Å². The molecule has 1 saturated heterocycles. The summed E-state index contributed by atoms with van der Waals surface area (Å²) < 4.78 is 4.70. The molecule has 1 atom stereocenters. The molecule has 0 aliphatic carbocycles. The van der Waals surface area contributed by atoms with Crippen LogP contribution in [-0.2, 0) is 16.1 Å². The first-order valence-corrected chi connectivity index (χ1v) is 6.29. The summed E-state index contributed by atoms with van der Waals surface area (Å²) in [5, 5.41) is 0. The summed E-state index contributed by atoms with van der Waals surface area (Å²) in [5.74, 6) is -0.656. The number of nitrogens with two attached hydrogens (primary N) is 1. The normalized spacial score (nSPS) is 19.6. The van der Waals surface area contributed by atoms with Crippen LogP contribution in [0.15, 0.2) is 6.07 Å². The van der Waals surface area contributed by atoms with Gasteiger partial charge in [0.1, 0.15) is 5.69 Å². The van der Waals surface area contributed by atoms with Gasteiger partial charge < -0.3 is 15.5 Å². The van der Waals surface area contributed by atoms with Gasteiger partial charge in [-0.3, -0.25) is 9.69 Å². The first-order chi connectivity index (χ1) is 9.01. The fourth-order valence-electron chi connectivity index (χ4n) is 2.48. The highest BCUT2D eigenvalue weighted by atomic mass is 16.5. The molecular formula is C13H19N3O3. The lowest BCUT2D eigenvalue weighted by molar-refractivity contribution is -0.121. The van der Waals surface area contributed by atoms with Crippen molar-refractivity contribution in [3.05, 3.63) is 23.0 Å². The Morgan fingerprint density at radius 2 is 2.32 bits per heavy atom. The standard InChI is InChI=1S/C13H19N3O3/c1-8-5-10(15-11(8)13(18)19-2)7-16-4-3-9(6-16)12(14)17/h5,9,15H,3-4,6-7H2,1-2H3,(H2,14,17). The molecule has 1 fully saturated rings. The Morgan fingerprint density at radius 3 is 2.89 bits per heavy atom. The van der Waals surface area contributed by atoms with Crippen molar-refractivity contribution in [3.63, 3.8) is 0 Å². The first kappa shape index (κ1) is 13.6. The number of H-pyrrole nitrogens is 1. The quantitative estimate of drug-likeness (QED) is 0.772. The molecule has 1 unspecified atom stereocenters. The number of esters is 1. The molecule has 3 N–H and O–H groups in total. The smallest absolute Gasteiger partial charge is 0.354 e. The van der Waals surface area contributed by atoms with E-state index in [1.54, 1.807) is 0 Å². The number of amides is 1. The van der Waals surface area contributed by atoms with Crippen LogP contribution in [0.2, 0.25) is 0 Å². The number of nitrogens with one attached hydrogen (secondary N) is 1. The molecule has 1 aromatic rings. The van der Waals surface area contributed by atoms with Gasteiger partial charge in [0, 0.05) is 18.8 Å². The molecule has 0 aromatic carbocycles. The third-order valence-corrected chi connectivity index (χ3v) is 3.53. The van der Waals surface area contributed by atoms with Crippen molar-refractivity contribution in [2.24, 2.45) is 11.7 Å². The number of aryl methyl sites for hydroxylation is 1. The van der Waals surface area contributed by atoms with Crippen LogP contribution in [0.3, 0.4) is 0 Å². The monoisotopic (exact) mass is 265 g/mol. The van der Waals surface area contributed by atoms with Crippen LogP contribution < -0.4 is 5.73 Å². The van der Waals surface area contributed by atoms with E-state index >= 15 is 0 Å². The fraction of sp³-hybridized carbons (Fsp3) is 0.538. The molecule has 6 heteroatoms. The topological polar surface area (TPSA) is 88.4 Å². The number of hydrogen-bond donors (Lipinski definition) is 2. The molecule has 6 nitrogen and oxygen atoms in total. The maximum atomic E-state index is 11.5. The Kier molecular flexibility index (Phi) is 3.90. The average molecular weight is 265 g/mol. The Labute approximate surface area is 111 Å². The van der Waals surface area contributed by atoms with Crippen molar-refractivity contribution < 1.29 is 14.3 Å². The lowest BCUT2D eigenvalue weighted by atomic mass is 10.1. The van der Waals surface area contributed by atoms with Gasteiger partial charge in [-0.05, 0) is 31.5 Å². The van der Waals surface area contributed by atoms with Crippen LogP contribution in [0.5, 0.6) is 0 Å². The van der Waals surface area contributed by atoms with Gasteiger partial charge in [0.15, 0.2) is 0 Å². The number of methoxy groups -OCH3 is 1.